The van der Waals surface area contributed by atoms with Crippen LogP contribution in [-0.4, -0.2) is 24.3 Å². The summed E-state index contributed by atoms with van der Waals surface area (Å²) in [4.78, 5) is 23.9. The van der Waals surface area contributed by atoms with E-state index in [1.165, 1.54) is 19.1 Å². The second-order valence-electron chi connectivity index (χ2n) is 5.12. The molecule has 1 atom stereocenters. The number of hydrogen-bond donors (Lipinski definition) is 1. The molecule has 0 aliphatic heterocycles. The van der Waals surface area contributed by atoms with Gasteiger partial charge in [0.2, 0.25) is 0 Å². The number of ether oxygens (including phenoxy) is 2. The third-order valence-electron chi connectivity index (χ3n) is 3.09. The quantitative estimate of drug-likeness (QED) is 0.639. The Morgan fingerprint density at radius 1 is 1.00 bits per heavy atom. The van der Waals surface area contributed by atoms with Crippen LogP contribution in [0.2, 0.25) is 0 Å². The Balaban J connectivity index is 1.93. The minimum absolute atomic E-state index is 0.0547. The average Bonchev–Trinajstić information content (AvgIpc) is 2.56. The molecule has 0 fully saturated rings. The normalized spacial score (nSPS) is 12.2. The van der Waals surface area contributed by atoms with E-state index in [0.717, 1.165) is 36.4 Å². The summed E-state index contributed by atoms with van der Waals surface area (Å²) >= 11 is 0. The molecule has 2 rings (SSSR count). The zero-order valence-corrected chi connectivity index (χ0v) is 13.3. The van der Waals surface area contributed by atoms with E-state index in [0.29, 0.717) is 5.69 Å². The van der Waals surface area contributed by atoms with Crippen molar-refractivity contribution in [2.24, 2.45) is 0 Å². The summed E-state index contributed by atoms with van der Waals surface area (Å²) in [5, 5.41) is 2.43. The number of nitrogens with one attached hydrogen (secondary N) is 1. The maximum absolute atomic E-state index is 12.8. The molecule has 0 bridgehead atoms. The molecular weight excluding hydrogens is 358 g/mol. The number of carbonyl (C=O) groups is 2. The van der Waals surface area contributed by atoms with Crippen molar-refractivity contribution in [3.05, 3.63) is 59.9 Å². The second-order valence-corrected chi connectivity index (χ2v) is 5.12. The van der Waals surface area contributed by atoms with E-state index in [1.54, 1.807) is 0 Å². The van der Waals surface area contributed by atoms with Gasteiger partial charge in [-0.15, -0.1) is 13.2 Å². The highest BCUT2D eigenvalue weighted by atomic mass is 19.4. The van der Waals surface area contributed by atoms with Crippen molar-refractivity contribution in [1.29, 1.82) is 0 Å². The van der Waals surface area contributed by atoms with Gasteiger partial charge in [0.1, 0.15) is 11.6 Å². The number of alkyl halides is 3. The van der Waals surface area contributed by atoms with Gasteiger partial charge in [0.25, 0.3) is 5.91 Å². The molecule has 1 amide bonds. The first-order valence-electron chi connectivity index (χ1n) is 7.27. The summed E-state index contributed by atoms with van der Waals surface area (Å²) in [7, 11) is 0. The molecule has 0 saturated carbocycles. The topological polar surface area (TPSA) is 64.6 Å². The SMILES string of the molecule is C[C@H](OC(=O)c1ccc(OC(F)(F)F)cc1)C(=O)Nc1ccc(F)cc1. The Hall–Kier alpha value is -3.10. The first-order valence-corrected chi connectivity index (χ1v) is 7.27. The van der Waals surface area contributed by atoms with Crippen molar-refractivity contribution in [2.45, 2.75) is 19.4 Å². The fourth-order valence-electron chi connectivity index (χ4n) is 1.85. The van der Waals surface area contributed by atoms with Crippen molar-refractivity contribution in [1.82, 2.24) is 0 Å². The molecule has 0 aromatic heterocycles. The van der Waals surface area contributed by atoms with Crippen LogP contribution in [-0.2, 0) is 9.53 Å². The maximum Gasteiger partial charge on any atom is 0.573 e. The van der Waals surface area contributed by atoms with Gasteiger partial charge in [-0.1, -0.05) is 0 Å². The molecule has 0 unspecified atom stereocenters. The first-order chi connectivity index (χ1) is 12.1. The van der Waals surface area contributed by atoms with Crippen LogP contribution in [0, 0.1) is 5.82 Å². The molecule has 0 heterocycles. The lowest BCUT2D eigenvalue weighted by Crippen LogP contribution is -2.30. The Bertz CT molecular complexity index is 773. The highest BCUT2D eigenvalue weighted by Gasteiger charge is 2.31. The van der Waals surface area contributed by atoms with E-state index in [9.17, 15) is 27.2 Å². The van der Waals surface area contributed by atoms with Crippen LogP contribution in [0.3, 0.4) is 0 Å². The molecule has 138 valence electrons. The lowest BCUT2D eigenvalue weighted by Gasteiger charge is -2.14. The van der Waals surface area contributed by atoms with Crippen molar-refractivity contribution in [2.75, 3.05) is 5.32 Å². The van der Waals surface area contributed by atoms with E-state index in [-0.39, 0.29) is 5.56 Å². The fraction of sp³-hybridized carbons (Fsp3) is 0.176. The highest BCUT2D eigenvalue weighted by Crippen LogP contribution is 2.23. The maximum atomic E-state index is 12.8. The number of esters is 1. The largest absolute Gasteiger partial charge is 0.573 e. The van der Waals surface area contributed by atoms with Gasteiger partial charge in [0.05, 0.1) is 5.56 Å². The summed E-state index contributed by atoms with van der Waals surface area (Å²) in [5.74, 6) is -2.51. The Morgan fingerprint density at radius 2 is 1.58 bits per heavy atom. The minimum atomic E-state index is -4.84. The van der Waals surface area contributed by atoms with E-state index >= 15 is 0 Å². The summed E-state index contributed by atoms with van der Waals surface area (Å²) in [5.41, 5.74) is 0.258. The lowest BCUT2D eigenvalue weighted by molar-refractivity contribution is -0.274. The number of anilines is 1. The van der Waals surface area contributed by atoms with Crippen LogP contribution < -0.4 is 10.1 Å². The molecule has 0 aliphatic rings. The van der Waals surface area contributed by atoms with Gasteiger partial charge in [-0.05, 0) is 55.5 Å². The van der Waals surface area contributed by atoms with Crippen LogP contribution in [0.1, 0.15) is 17.3 Å². The van der Waals surface area contributed by atoms with E-state index < -0.39 is 35.9 Å². The van der Waals surface area contributed by atoms with Gasteiger partial charge in [-0.2, -0.15) is 0 Å². The van der Waals surface area contributed by atoms with Crippen molar-refractivity contribution in [3.8, 4) is 5.75 Å². The number of rotatable bonds is 5. The summed E-state index contributed by atoms with van der Waals surface area (Å²) in [6, 6.07) is 9.03. The lowest BCUT2D eigenvalue weighted by atomic mass is 10.2. The zero-order chi connectivity index (χ0) is 19.3. The molecule has 1 N–H and O–H groups in total. The highest BCUT2D eigenvalue weighted by molar-refractivity contribution is 5.97. The van der Waals surface area contributed by atoms with Gasteiger partial charge in [0, 0.05) is 5.69 Å². The van der Waals surface area contributed by atoms with Gasteiger partial charge in [-0.25, -0.2) is 9.18 Å². The standard InChI is InChI=1S/C17H13F4NO4/c1-10(15(23)22-13-6-4-12(18)5-7-13)25-16(24)11-2-8-14(9-3-11)26-17(19,20)21/h2-10H,1H3,(H,22,23)/t10-/m0/s1. The van der Waals surface area contributed by atoms with Crippen molar-refractivity contribution in [3.63, 3.8) is 0 Å². The molecule has 2 aromatic carbocycles. The van der Waals surface area contributed by atoms with Crippen LogP contribution in [0.25, 0.3) is 0 Å². The Morgan fingerprint density at radius 3 is 2.12 bits per heavy atom. The van der Waals surface area contributed by atoms with E-state index in [2.05, 4.69) is 10.1 Å². The molecule has 0 aliphatic carbocycles. The van der Waals surface area contributed by atoms with Crippen LogP contribution in [0.15, 0.2) is 48.5 Å². The predicted molar refractivity (Wildman–Crippen MR) is 83.0 cm³/mol. The molecule has 9 heteroatoms. The number of benzene rings is 2. The third-order valence-corrected chi connectivity index (χ3v) is 3.09. The smallest absolute Gasteiger partial charge is 0.449 e. The monoisotopic (exact) mass is 371 g/mol. The zero-order valence-electron chi connectivity index (χ0n) is 13.3. The van der Waals surface area contributed by atoms with Crippen LogP contribution in [0.5, 0.6) is 5.75 Å². The first kappa shape index (κ1) is 19.2. The number of halogens is 4. The summed E-state index contributed by atoms with van der Waals surface area (Å²) in [6.45, 7) is 1.32. The molecule has 0 radical (unpaired) electrons. The second kappa shape index (κ2) is 7.85. The summed E-state index contributed by atoms with van der Waals surface area (Å²) < 4.78 is 57.7. The van der Waals surface area contributed by atoms with Gasteiger partial charge in [-0.3, -0.25) is 4.79 Å². The number of amides is 1. The fourth-order valence-corrected chi connectivity index (χ4v) is 1.85. The van der Waals surface area contributed by atoms with E-state index in [1.807, 2.05) is 0 Å². The van der Waals surface area contributed by atoms with E-state index in [4.69, 9.17) is 4.74 Å². The van der Waals surface area contributed by atoms with Crippen LogP contribution in [0.4, 0.5) is 23.2 Å². The number of carbonyl (C=O) groups excluding carboxylic acids is 2. The van der Waals surface area contributed by atoms with Gasteiger partial charge >= 0.3 is 12.3 Å². The molecule has 26 heavy (non-hydrogen) atoms. The predicted octanol–water partition coefficient (Wildman–Crippen LogP) is 3.91. The molecular formula is C17H13F4NO4. The van der Waals surface area contributed by atoms with Crippen LogP contribution >= 0.6 is 0 Å². The minimum Gasteiger partial charge on any atom is -0.449 e. The molecule has 0 saturated heterocycles. The van der Waals surface area contributed by atoms with Crippen molar-refractivity contribution >= 4 is 17.6 Å². The average molecular weight is 371 g/mol. The summed E-state index contributed by atoms with van der Waals surface area (Å²) in [6.07, 6.45) is -6.02. The Kier molecular flexibility index (Phi) is 5.81. The van der Waals surface area contributed by atoms with Gasteiger partial charge < -0.3 is 14.8 Å². The molecule has 0 spiro atoms. The third kappa shape index (κ3) is 5.76. The van der Waals surface area contributed by atoms with Gasteiger partial charge in [0.15, 0.2) is 6.10 Å². The molecule has 2 aromatic rings. The Labute approximate surface area is 145 Å². The molecule has 5 nitrogen and oxygen atoms in total. The van der Waals surface area contributed by atoms with Crippen molar-refractivity contribution < 1.29 is 36.6 Å². The number of hydrogen-bond acceptors (Lipinski definition) is 4.